The molecule has 0 saturated heterocycles. The monoisotopic (exact) mass is 423 g/mol. The molecule has 0 radical (unpaired) electrons. The van der Waals surface area contributed by atoms with E-state index in [2.05, 4.69) is 15.5 Å². The molecule has 30 heavy (non-hydrogen) atoms. The lowest BCUT2D eigenvalue weighted by atomic mass is 9.99. The smallest absolute Gasteiger partial charge is 0.277 e. The Kier molecular flexibility index (Phi) is 4.66. The zero-order valence-electron chi connectivity index (χ0n) is 16.0. The first-order chi connectivity index (χ1) is 14.6. The Balaban J connectivity index is 1.23. The van der Waals surface area contributed by atoms with Crippen LogP contribution < -0.4 is 14.8 Å². The molecule has 3 aromatic rings. The predicted molar refractivity (Wildman–Crippen MR) is 108 cm³/mol. The maximum Gasteiger partial charge on any atom is 0.277 e. The summed E-state index contributed by atoms with van der Waals surface area (Å²) in [6.07, 6.45) is -0.499. The highest BCUT2D eigenvalue weighted by Gasteiger charge is 2.29. The Bertz CT molecular complexity index is 1150. The minimum absolute atomic E-state index is 0.0566. The topological polar surface area (TPSA) is 104 Å². The van der Waals surface area contributed by atoms with Gasteiger partial charge in [0.1, 0.15) is 6.61 Å². The third-order valence-corrected chi connectivity index (χ3v) is 5.84. The molecular weight excluding hydrogens is 406 g/mol. The van der Waals surface area contributed by atoms with Crippen molar-refractivity contribution in [1.29, 1.82) is 0 Å². The Morgan fingerprint density at radius 1 is 1.20 bits per heavy atom. The second-order valence-corrected chi connectivity index (χ2v) is 7.92. The van der Waals surface area contributed by atoms with Gasteiger partial charge in [0.25, 0.3) is 11.1 Å². The number of ketones is 1. The number of hydrogen-bond acceptors (Lipinski definition) is 8. The summed E-state index contributed by atoms with van der Waals surface area (Å²) in [5.41, 5.74) is 2.14. The predicted octanol–water partition coefficient (Wildman–Crippen LogP) is 3.61. The van der Waals surface area contributed by atoms with Gasteiger partial charge in [-0.2, -0.15) is 0 Å². The standard InChI is InChI=1S/C21H17N3O5S/c1-11-13-8-12(6-7-14(13)22-19(11)26)15(25)10-30-21-24-23-20(29-21)18-9-27-16-4-2-3-5-17(16)28-18/h2-8,11,18H,9-10H2,1H3,(H,22,26). The molecule has 1 amide bonds. The summed E-state index contributed by atoms with van der Waals surface area (Å²) in [6, 6.07) is 12.6. The first kappa shape index (κ1) is 18.7. The zero-order valence-corrected chi connectivity index (χ0v) is 16.8. The maximum atomic E-state index is 12.6. The van der Waals surface area contributed by atoms with Crippen molar-refractivity contribution in [3.8, 4) is 11.5 Å². The molecule has 2 aromatic carbocycles. The number of carbonyl (C=O) groups is 2. The van der Waals surface area contributed by atoms with Crippen molar-refractivity contribution in [3.05, 3.63) is 59.5 Å². The molecule has 5 rings (SSSR count). The second kappa shape index (κ2) is 7.49. The van der Waals surface area contributed by atoms with Crippen molar-refractivity contribution in [3.63, 3.8) is 0 Å². The number of hydrogen-bond donors (Lipinski definition) is 1. The number of Topliss-reactive ketones (excluding diaryl/α,β-unsaturated/α-hetero) is 1. The number of nitrogens with zero attached hydrogens (tertiary/aromatic N) is 2. The number of ether oxygens (including phenoxy) is 2. The summed E-state index contributed by atoms with van der Waals surface area (Å²) in [7, 11) is 0. The number of aromatic nitrogens is 2. The van der Waals surface area contributed by atoms with Crippen LogP contribution >= 0.6 is 11.8 Å². The van der Waals surface area contributed by atoms with Crippen molar-refractivity contribution in [2.45, 2.75) is 24.2 Å². The van der Waals surface area contributed by atoms with Crippen LogP contribution in [0.4, 0.5) is 5.69 Å². The number of thioether (sulfide) groups is 1. The van der Waals surface area contributed by atoms with Crippen LogP contribution in [-0.2, 0) is 4.79 Å². The third kappa shape index (κ3) is 3.41. The van der Waals surface area contributed by atoms with E-state index in [0.717, 1.165) is 23.0 Å². The summed E-state index contributed by atoms with van der Waals surface area (Å²) in [4.78, 5) is 24.4. The third-order valence-electron chi connectivity index (χ3n) is 5.02. The van der Waals surface area contributed by atoms with Crippen LogP contribution in [0.5, 0.6) is 11.5 Å². The number of nitrogens with one attached hydrogen (secondary N) is 1. The fourth-order valence-electron chi connectivity index (χ4n) is 3.35. The Hall–Kier alpha value is -3.33. The Labute approximate surface area is 176 Å². The molecular formula is C21H17N3O5S. The van der Waals surface area contributed by atoms with Crippen LogP contribution in [0, 0.1) is 0 Å². The maximum absolute atomic E-state index is 12.6. The van der Waals surface area contributed by atoms with Crippen molar-refractivity contribution >= 4 is 29.1 Å². The largest absolute Gasteiger partial charge is 0.485 e. The van der Waals surface area contributed by atoms with Gasteiger partial charge in [0.05, 0.1) is 11.7 Å². The molecule has 0 bridgehead atoms. The Morgan fingerprint density at radius 2 is 2.03 bits per heavy atom. The SMILES string of the molecule is CC1C(=O)Nc2ccc(C(=O)CSc3nnc(C4COc5ccccc5O4)o3)cc21. The van der Waals surface area contributed by atoms with Gasteiger partial charge in [-0.3, -0.25) is 9.59 Å². The summed E-state index contributed by atoms with van der Waals surface area (Å²) >= 11 is 1.16. The lowest BCUT2D eigenvalue weighted by Gasteiger charge is -2.23. The van der Waals surface area contributed by atoms with E-state index in [9.17, 15) is 9.59 Å². The lowest BCUT2D eigenvalue weighted by Crippen LogP contribution is -2.21. The molecule has 0 fully saturated rings. The second-order valence-electron chi connectivity index (χ2n) is 7.00. The first-order valence-corrected chi connectivity index (χ1v) is 10.4. The van der Waals surface area contributed by atoms with Gasteiger partial charge in [-0.05, 0) is 42.8 Å². The summed E-state index contributed by atoms with van der Waals surface area (Å²) in [5, 5.41) is 11.1. The van der Waals surface area contributed by atoms with Crippen LogP contribution in [0.2, 0.25) is 0 Å². The van der Waals surface area contributed by atoms with Gasteiger partial charge >= 0.3 is 0 Å². The first-order valence-electron chi connectivity index (χ1n) is 9.41. The van der Waals surface area contributed by atoms with Crippen molar-refractivity contribution in [2.75, 3.05) is 17.7 Å². The van der Waals surface area contributed by atoms with E-state index < -0.39 is 6.10 Å². The van der Waals surface area contributed by atoms with E-state index in [1.807, 2.05) is 31.2 Å². The quantitative estimate of drug-likeness (QED) is 0.490. The van der Waals surface area contributed by atoms with Gasteiger partial charge in [-0.15, -0.1) is 10.2 Å². The van der Waals surface area contributed by atoms with Gasteiger partial charge in [0, 0.05) is 11.3 Å². The van der Waals surface area contributed by atoms with Crippen LogP contribution in [0.1, 0.15) is 40.8 Å². The van der Waals surface area contributed by atoms with E-state index in [1.165, 1.54) is 0 Å². The molecule has 2 unspecified atom stereocenters. The molecule has 8 nitrogen and oxygen atoms in total. The number of anilines is 1. The molecule has 1 N–H and O–H groups in total. The van der Waals surface area contributed by atoms with Gasteiger partial charge < -0.3 is 19.2 Å². The van der Waals surface area contributed by atoms with Gasteiger partial charge in [0.15, 0.2) is 17.3 Å². The lowest BCUT2D eigenvalue weighted by molar-refractivity contribution is -0.116. The van der Waals surface area contributed by atoms with Crippen LogP contribution in [0.25, 0.3) is 0 Å². The highest BCUT2D eigenvalue weighted by atomic mass is 32.2. The van der Waals surface area contributed by atoms with E-state index >= 15 is 0 Å². The zero-order chi connectivity index (χ0) is 20.7. The molecule has 0 saturated carbocycles. The molecule has 1 aromatic heterocycles. The highest BCUT2D eigenvalue weighted by Crippen LogP contribution is 2.36. The molecule has 0 aliphatic carbocycles. The molecule has 0 spiro atoms. The molecule has 152 valence electrons. The molecule has 9 heteroatoms. The van der Waals surface area contributed by atoms with E-state index in [4.69, 9.17) is 13.9 Å². The summed E-state index contributed by atoms with van der Waals surface area (Å²) < 4.78 is 17.2. The van der Waals surface area contributed by atoms with Crippen molar-refractivity contribution in [1.82, 2.24) is 10.2 Å². The number of carbonyl (C=O) groups excluding carboxylic acids is 2. The van der Waals surface area contributed by atoms with Crippen LogP contribution in [0.15, 0.2) is 52.1 Å². The fraction of sp³-hybridized carbons (Fsp3) is 0.238. The van der Waals surface area contributed by atoms with Crippen LogP contribution in [0.3, 0.4) is 0 Å². The molecule has 2 aliphatic rings. The Morgan fingerprint density at radius 3 is 2.90 bits per heavy atom. The molecule has 2 aliphatic heterocycles. The van der Waals surface area contributed by atoms with Gasteiger partial charge in [-0.25, -0.2) is 0 Å². The molecule has 2 atom stereocenters. The van der Waals surface area contributed by atoms with E-state index in [1.54, 1.807) is 18.2 Å². The number of fused-ring (bicyclic) bond motifs is 2. The number of rotatable bonds is 5. The molecule has 3 heterocycles. The number of amides is 1. The summed E-state index contributed by atoms with van der Waals surface area (Å²) in [5.74, 6) is 1.33. The van der Waals surface area contributed by atoms with Crippen LogP contribution in [-0.4, -0.2) is 34.2 Å². The van der Waals surface area contributed by atoms with Gasteiger partial charge in [-0.1, -0.05) is 23.9 Å². The van der Waals surface area contributed by atoms with E-state index in [0.29, 0.717) is 23.0 Å². The average molecular weight is 423 g/mol. The van der Waals surface area contributed by atoms with Crippen molar-refractivity contribution in [2.24, 2.45) is 0 Å². The normalized spacial score (nSPS) is 19.3. The fourth-order valence-corrected chi connectivity index (χ4v) is 4.02. The minimum atomic E-state index is -0.499. The van der Waals surface area contributed by atoms with Crippen molar-refractivity contribution < 1.29 is 23.5 Å². The summed E-state index contributed by atoms with van der Waals surface area (Å²) in [6.45, 7) is 2.09. The van der Waals surface area contributed by atoms with Gasteiger partial charge in [0.2, 0.25) is 12.0 Å². The number of para-hydroxylation sites is 2. The van der Waals surface area contributed by atoms with E-state index in [-0.39, 0.29) is 35.2 Å². The number of benzene rings is 2. The average Bonchev–Trinajstić information content (AvgIpc) is 3.36. The minimum Gasteiger partial charge on any atom is -0.485 e. The highest BCUT2D eigenvalue weighted by molar-refractivity contribution is 7.99.